The molecule has 148 valence electrons. The third kappa shape index (κ3) is 3.68. The predicted octanol–water partition coefficient (Wildman–Crippen LogP) is 4.03. The number of hydrogen-bond acceptors (Lipinski definition) is 5. The number of halogens is 3. The molecule has 1 aromatic heterocycles. The lowest BCUT2D eigenvalue weighted by molar-refractivity contribution is -0.387. The lowest BCUT2D eigenvalue weighted by atomic mass is 10.3. The van der Waals surface area contributed by atoms with Crippen molar-refractivity contribution in [3.8, 4) is 0 Å². The van der Waals surface area contributed by atoms with Gasteiger partial charge in [0.25, 0.3) is 5.69 Å². The van der Waals surface area contributed by atoms with Crippen LogP contribution in [0.5, 0.6) is 0 Å². The third-order valence-electron chi connectivity index (χ3n) is 3.94. The highest BCUT2D eigenvalue weighted by atomic mass is 35.5. The van der Waals surface area contributed by atoms with Gasteiger partial charge in [-0.1, -0.05) is 23.7 Å². The minimum Gasteiger partial charge on any atom is -0.269 e. The molecular weight excluding hydrogens is 418 g/mol. The number of imidazole rings is 1. The van der Waals surface area contributed by atoms with Crippen LogP contribution in [-0.2, 0) is 10.0 Å². The van der Waals surface area contributed by atoms with Gasteiger partial charge >= 0.3 is 6.55 Å². The summed E-state index contributed by atoms with van der Waals surface area (Å²) in [6.07, 6.45) is 0. The number of para-hydroxylation sites is 2. The van der Waals surface area contributed by atoms with Crippen molar-refractivity contribution in [3.05, 3.63) is 63.4 Å². The Bertz CT molecular complexity index is 1170. The van der Waals surface area contributed by atoms with Gasteiger partial charge in [-0.25, -0.2) is 18.1 Å². The highest BCUT2D eigenvalue weighted by Crippen LogP contribution is 2.30. The van der Waals surface area contributed by atoms with Crippen molar-refractivity contribution in [2.45, 2.75) is 24.4 Å². The minimum atomic E-state index is -4.43. The molecule has 12 heteroatoms. The van der Waals surface area contributed by atoms with Gasteiger partial charge in [0.15, 0.2) is 4.90 Å². The first-order valence-corrected chi connectivity index (χ1v) is 9.69. The van der Waals surface area contributed by atoms with Crippen molar-refractivity contribution in [1.29, 1.82) is 0 Å². The summed E-state index contributed by atoms with van der Waals surface area (Å²) in [6.45, 7) is -1.64. The number of nitro benzene ring substituents is 1. The molecule has 3 aromatic rings. The van der Waals surface area contributed by atoms with E-state index in [1.165, 1.54) is 25.1 Å². The fourth-order valence-corrected chi connectivity index (χ4v) is 4.30. The molecule has 0 amide bonds. The fourth-order valence-electron chi connectivity index (χ4n) is 2.78. The fraction of sp³-hybridized carbons (Fsp3) is 0.188. The van der Waals surface area contributed by atoms with Gasteiger partial charge in [-0.2, -0.15) is 8.78 Å². The van der Waals surface area contributed by atoms with Crippen molar-refractivity contribution in [2.24, 2.45) is 0 Å². The van der Waals surface area contributed by atoms with E-state index in [9.17, 15) is 27.3 Å². The molecule has 1 heterocycles. The molecule has 1 atom stereocenters. The van der Waals surface area contributed by atoms with Crippen LogP contribution in [0.3, 0.4) is 0 Å². The van der Waals surface area contributed by atoms with Gasteiger partial charge < -0.3 is 0 Å². The first-order valence-electron chi connectivity index (χ1n) is 7.83. The number of aromatic nitrogens is 2. The van der Waals surface area contributed by atoms with E-state index in [0.29, 0.717) is 4.57 Å². The molecule has 0 unspecified atom stereocenters. The number of hydrogen-bond donors (Lipinski definition) is 1. The number of sulfonamides is 1. The zero-order valence-electron chi connectivity index (χ0n) is 14.2. The largest absolute Gasteiger partial charge is 0.320 e. The molecule has 0 saturated carbocycles. The molecule has 0 radical (unpaired) electrons. The summed E-state index contributed by atoms with van der Waals surface area (Å²) >= 11 is 5.70. The van der Waals surface area contributed by atoms with Crippen molar-refractivity contribution < 1.29 is 22.1 Å². The number of rotatable bonds is 6. The number of alkyl halides is 2. The molecule has 0 bridgehead atoms. The monoisotopic (exact) mass is 430 g/mol. The van der Waals surface area contributed by atoms with Gasteiger partial charge in [-0.05, 0) is 31.2 Å². The van der Waals surface area contributed by atoms with Crippen LogP contribution >= 0.6 is 11.6 Å². The lowest BCUT2D eigenvalue weighted by Gasteiger charge is -2.16. The smallest absolute Gasteiger partial charge is 0.269 e. The molecular formula is C16H13ClF2N4O4S. The molecule has 0 aliphatic heterocycles. The summed E-state index contributed by atoms with van der Waals surface area (Å²) in [5.74, 6) is -0.226. The van der Waals surface area contributed by atoms with E-state index in [1.807, 2.05) is 0 Å². The van der Waals surface area contributed by atoms with Crippen LogP contribution in [0.4, 0.5) is 14.5 Å². The lowest BCUT2D eigenvalue weighted by Crippen LogP contribution is -2.29. The molecule has 1 N–H and O–H groups in total. The second kappa shape index (κ2) is 7.41. The van der Waals surface area contributed by atoms with Gasteiger partial charge in [0, 0.05) is 11.1 Å². The zero-order valence-corrected chi connectivity index (χ0v) is 15.8. The van der Waals surface area contributed by atoms with Crippen molar-refractivity contribution >= 4 is 38.3 Å². The van der Waals surface area contributed by atoms with Crippen molar-refractivity contribution in [2.75, 3.05) is 0 Å². The van der Waals surface area contributed by atoms with Crippen LogP contribution in [-0.4, -0.2) is 22.9 Å². The highest BCUT2D eigenvalue weighted by molar-refractivity contribution is 7.89. The highest BCUT2D eigenvalue weighted by Gasteiger charge is 2.30. The summed E-state index contributed by atoms with van der Waals surface area (Å²) in [7, 11) is -4.43. The Morgan fingerprint density at radius 2 is 1.93 bits per heavy atom. The molecule has 0 spiro atoms. The van der Waals surface area contributed by atoms with Gasteiger partial charge in [-0.15, -0.1) is 0 Å². The summed E-state index contributed by atoms with van der Waals surface area (Å²) in [4.78, 5) is 13.7. The molecule has 0 aliphatic carbocycles. The maximum atomic E-state index is 13.6. The number of benzene rings is 2. The Morgan fingerprint density at radius 3 is 2.57 bits per heavy atom. The number of nitrogens with one attached hydrogen (secondary N) is 1. The Balaban J connectivity index is 2.04. The third-order valence-corrected chi connectivity index (χ3v) is 5.77. The standard InChI is InChI=1S/C16H13ClF2N4O4S/c1-9(15-20-11-4-2-3-5-12(11)22(15)16(18)19)21-28(26,27)14-7-6-10(17)8-13(14)23(24)25/h2-9,16,21H,1H3/t9-/m1/s1. The Hall–Kier alpha value is -2.63. The van der Waals surface area contributed by atoms with Gasteiger partial charge in [0.05, 0.1) is 22.0 Å². The van der Waals surface area contributed by atoms with Crippen LogP contribution in [0.15, 0.2) is 47.4 Å². The minimum absolute atomic E-state index is 0.0156. The molecule has 0 saturated heterocycles. The van der Waals surface area contributed by atoms with E-state index < -0.39 is 38.1 Å². The molecule has 28 heavy (non-hydrogen) atoms. The van der Waals surface area contributed by atoms with Crippen molar-refractivity contribution in [1.82, 2.24) is 14.3 Å². The van der Waals surface area contributed by atoms with E-state index in [0.717, 1.165) is 12.1 Å². The number of nitro groups is 1. The van der Waals surface area contributed by atoms with E-state index in [-0.39, 0.29) is 21.9 Å². The average molecular weight is 431 g/mol. The van der Waals surface area contributed by atoms with Crippen LogP contribution in [0.1, 0.15) is 25.3 Å². The Morgan fingerprint density at radius 1 is 1.25 bits per heavy atom. The van der Waals surface area contributed by atoms with Crippen LogP contribution in [0.25, 0.3) is 11.0 Å². The summed E-state index contributed by atoms with van der Waals surface area (Å²) in [5, 5.41) is 11.2. The number of nitrogens with zero attached hydrogens (tertiary/aromatic N) is 3. The second-order valence-corrected chi connectivity index (χ2v) is 7.94. The molecule has 0 fully saturated rings. The molecule has 8 nitrogen and oxygen atoms in total. The quantitative estimate of drug-likeness (QED) is 0.469. The summed E-state index contributed by atoms with van der Waals surface area (Å²) in [5.41, 5.74) is -0.327. The van der Waals surface area contributed by atoms with E-state index in [4.69, 9.17) is 11.6 Å². The van der Waals surface area contributed by atoms with Crippen LogP contribution in [0.2, 0.25) is 5.02 Å². The summed E-state index contributed by atoms with van der Waals surface area (Å²) in [6, 6.07) is 7.98. The van der Waals surface area contributed by atoms with Gasteiger partial charge in [-0.3, -0.25) is 14.7 Å². The van der Waals surface area contributed by atoms with Gasteiger partial charge in [0.2, 0.25) is 10.0 Å². The van der Waals surface area contributed by atoms with Crippen LogP contribution < -0.4 is 4.72 Å². The average Bonchev–Trinajstić information content (AvgIpc) is 3.01. The van der Waals surface area contributed by atoms with Crippen molar-refractivity contribution in [3.63, 3.8) is 0 Å². The topological polar surface area (TPSA) is 107 Å². The maximum absolute atomic E-state index is 13.6. The van der Waals surface area contributed by atoms with E-state index >= 15 is 0 Å². The van der Waals surface area contributed by atoms with Crippen LogP contribution in [0, 0.1) is 10.1 Å². The normalized spacial score (nSPS) is 13.2. The zero-order chi connectivity index (χ0) is 20.6. The number of fused-ring (bicyclic) bond motifs is 1. The first-order chi connectivity index (χ1) is 13.1. The Labute approximate surface area is 163 Å². The van der Waals surface area contributed by atoms with E-state index in [1.54, 1.807) is 12.1 Å². The SMILES string of the molecule is C[C@@H](NS(=O)(=O)c1ccc(Cl)cc1[N+](=O)[O-])c1nc2ccccc2n1C(F)F. The van der Waals surface area contributed by atoms with Gasteiger partial charge in [0.1, 0.15) is 5.82 Å². The second-order valence-electron chi connectivity index (χ2n) is 5.82. The first kappa shape index (κ1) is 20.1. The predicted molar refractivity (Wildman–Crippen MR) is 97.8 cm³/mol. The maximum Gasteiger partial charge on any atom is 0.320 e. The van der Waals surface area contributed by atoms with E-state index in [2.05, 4.69) is 9.71 Å². The summed E-state index contributed by atoms with van der Waals surface area (Å²) < 4.78 is 55.2. The molecule has 3 rings (SSSR count). The molecule has 2 aromatic carbocycles. The molecule has 0 aliphatic rings. The Kier molecular flexibility index (Phi) is 5.33.